The van der Waals surface area contributed by atoms with Gasteiger partial charge in [-0.2, -0.15) is 0 Å². The second kappa shape index (κ2) is 12.7. The molecule has 0 fully saturated rings. The molecule has 222 valence electrons. The Hall–Kier alpha value is -5.00. The average molecular weight is 608 g/mol. The van der Waals surface area contributed by atoms with Crippen LogP contribution in [-0.4, -0.2) is 44.3 Å². The zero-order valence-corrected chi connectivity index (χ0v) is 24.8. The van der Waals surface area contributed by atoms with Crippen molar-refractivity contribution in [3.63, 3.8) is 0 Å². The summed E-state index contributed by atoms with van der Waals surface area (Å²) in [6, 6.07) is 23.8. The summed E-state index contributed by atoms with van der Waals surface area (Å²) >= 11 is 1.18. The minimum atomic E-state index is -1.06. The summed E-state index contributed by atoms with van der Waals surface area (Å²) < 4.78 is 5.89. The van der Waals surface area contributed by atoms with Gasteiger partial charge in [-0.05, 0) is 18.1 Å². The summed E-state index contributed by atoms with van der Waals surface area (Å²) in [6.45, 7) is 3.87. The lowest BCUT2D eigenvalue weighted by atomic mass is 9.95. The quantitative estimate of drug-likeness (QED) is 0.116. The van der Waals surface area contributed by atoms with Crippen molar-refractivity contribution in [3.05, 3.63) is 117 Å². The van der Waals surface area contributed by atoms with E-state index >= 15 is 0 Å². The molecule has 1 N–H and O–H groups in total. The van der Waals surface area contributed by atoms with Crippen molar-refractivity contribution in [2.75, 3.05) is 11.9 Å². The van der Waals surface area contributed by atoms with E-state index in [4.69, 9.17) is 9.72 Å². The second-order valence-electron chi connectivity index (χ2n) is 10.5. The molecule has 0 bridgehead atoms. The van der Waals surface area contributed by atoms with E-state index in [1.54, 1.807) is 24.4 Å². The van der Waals surface area contributed by atoms with E-state index in [-0.39, 0.29) is 12.1 Å². The standard InChI is InChI=1S/C33H29N5O5S/c1-2-29(31(39)36-33-35-28(20-44-33)22-11-8-12-23(17-22)38(41)42)43-32(40)30-24-13-6-7-14-26(24)34-27-15-16-37(19-25(27)30)18-21-9-4-3-5-10-21/h3-14,17,20,29H,2,15-16,18-19H2,1H3,(H,35,36,39). The first-order chi connectivity index (χ1) is 21.4. The maximum Gasteiger partial charge on any atom is 0.340 e. The van der Waals surface area contributed by atoms with Gasteiger partial charge in [0.05, 0.1) is 21.7 Å². The molecule has 44 heavy (non-hydrogen) atoms. The maximum atomic E-state index is 13.9. The minimum absolute atomic E-state index is 0.0481. The molecule has 2 aromatic heterocycles. The van der Waals surface area contributed by atoms with Crippen LogP contribution < -0.4 is 5.32 Å². The number of amides is 1. The number of fused-ring (bicyclic) bond motifs is 2. The van der Waals surface area contributed by atoms with Crippen LogP contribution in [0.25, 0.3) is 22.2 Å². The Balaban J connectivity index is 1.22. The molecule has 1 unspecified atom stereocenters. The highest BCUT2D eigenvalue weighted by atomic mass is 32.1. The van der Waals surface area contributed by atoms with Crippen LogP contribution in [0.5, 0.6) is 0 Å². The highest BCUT2D eigenvalue weighted by Gasteiger charge is 2.30. The lowest BCUT2D eigenvalue weighted by Gasteiger charge is -2.30. The third-order valence-electron chi connectivity index (χ3n) is 7.58. The van der Waals surface area contributed by atoms with Gasteiger partial charge in [0.2, 0.25) is 0 Å². The molecule has 5 aromatic rings. The molecule has 3 aromatic carbocycles. The summed E-state index contributed by atoms with van der Waals surface area (Å²) in [7, 11) is 0. The molecule has 1 aliphatic heterocycles. The van der Waals surface area contributed by atoms with Gasteiger partial charge in [-0.15, -0.1) is 11.3 Å². The number of para-hydroxylation sites is 1. The van der Waals surface area contributed by atoms with Crippen molar-refractivity contribution in [2.24, 2.45) is 0 Å². The van der Waals surface area contributed by atoms with Gasteiger partial charge in [-0.1, -0.05) is 67.6 Å². The Kier molecular flexibility index (Phi) is 8.40. The van der Waals surface area contributed by atoms with Crippen LogP contribution in [0.3, 0.4) is 0 Å². The average Bonchev–Trinajstić information content (AvgIpc) is 3.51. The van der Waals surface area contributed by atoms with E-state index in [0.717, 1.165) is 24.3 Å². The van der Waals surface area contributed by atoms with Gasteiger partial charge < -0.3 is 4.74 Å². The first kappa shape index (κ1) is 29.1. The van der Waals surface area contributed by atoms with E-state index in [9.17, 15) is 19.7 Å². The van der Waals surface area contributed by atoms with Gasteiger partial charge >= 0.3 is 5.97 Å². The van der Waals surface area contributed by atoms with Crippen molar-refractivity contribution in [1.29, 1.82) is 0 Å². The topological polar surface area (TPSA) is 128 Å². The van der Waals surface area contributed by atoms with Crippen molar-refractivity contribution < 1.29 is 19.2 Å². The summed E-state index contributed by atoms with van der Waals surface area (Å²) in [5.41, 5.74) is 5.04. The molecule has 1 aliphatic rings. The van der Waals surface area contributed by atoms with Gasteiger partial charge in [0.1, 0.15) is 0 Å². The zero-order chi connectivity index (χ0) is 30.6. The van der Waals surface area contributed by atoms with E-state index in [1.807, 2.05) is 42.5 Å². The van der Waals surface area contributed by atoms with Crippen molar-refractivity contribution in [3.8, 4) is 11.3 Å². The fourth-order valence-corrected chi connectivity index (χ4v) is 6.12. The number of esters is 1. The number of thiazole rings is 1. The summed E-state index contributed by atoms with van der Waals surface area (Å²) in [5.74, 6) is -1.07. The highest BCUT2D eigenvalue weighted by Crippen LogP contribution is 2.31. The molecular formula is C33H29N5O5S. The summed E-state index contributed by atoms with van der Waals surface area (Å²) in [6.07, 6.45) is -0.104. The molecule has 1 amide bonds. The molecule has 0 saturated heterocycles. The number of nitro groups is 1. The molecule has 11 heteroatoms. The number of rotatable bonds is 9. The molecule has 0 saturated carbocycles. The number of anilines is 1. The Morgan fingerprint density at radius 1 is 1.07 bits per heavy atom. The van der Waals surface area contributed by atoms with Crippen molar-refractivity contribution in [1.82, 2.24) is 14.9 Å². The SMILES string of the molecule is CCC(OC(=O)c1c2c(nc3ccccc13)CCN(Cc1ccccc1)C2)C(=O)Nc1nc(-c2cccc([N+](=O)[O-])c2)cs1. The van der Waals surface area contributed by atoms with E-state index in [0.29, 0.717) is 45.8 Å². The first-order valence-corrected chi connectivity index (χ1v) is 15.2. The number of carbonyl (C=O) groups is 2. The Morgan fingerprint density at radius 2 is 1.86 bits per heavy atom. The molecule has 1 atom stereocenters. The van der Waals surface area contributed by atoms with Crippen molar-refractivity contribution in [2.45, 2.75) is 39.0 Å². The number of ether oxygens (including phenoxy) is 1. The van der Waals surface area contributed by atoms with Crippen LogP contribution in [0.4, 0.5) is 10.8 Å². The number of aromatic nitrogens is 2. The molecule has 0 radical (unpaired) electrons. The van der Waals surface area contributed by atoms with Crippen LogP contribution in [0.2, 0.25) is 0 Å². The van der Waals surface area contributed by atoms with Crippen LogP contribution in [0, 0.1) is 10.1 Å². The number of nitrogens with one attached hydrogen (secondary N) is 1. The third kappa shape index (κ3) is 6.19. The second-order valence-corrected chi connectivity index (χ2v) is 11.4. The van der Waals surface area contributed by atoms with Crippen molar-refractivity contribution >= 4 is 44.9 Å². The maximum absolute atomic E-state index is 13.9. The normalized spacial score (nSPS) is 13.7. The fraction of sp³-hybridized carbons (Fsp3) is 0.212. The van der Waals surface area contributed by atoms with Crippen LogP contribution in [0.1, 0.15) is 40.5 Å². The number of benzene rings is 3. The number of pyridine rings is 1. The van der Waals surface area contributed by atoms with Crippen LogP contribution in [0.15, 0.2) is 84.2 Å². The number of carbonyl (C=O) groups excluding carboxylic acids is 2. The predicted molar refractivity (Wildman–Crippen MR) is 168 cm³/mol. The van der Waals surface area contributed by atoms with Crippen LogP contribution >= 0.6 is 11.3 Å². The molecule has 0 spiro atoms. The van der Waals surface area contributed by atoms with E-state index in [2.05, 4.69) is 27.3 Å². The fourth-order valence-electron chi connectivity index (χ4n) is 5.39. The molecule has 3 heterocycles. The van der Waals surface area contributed by atoms with E-state index < -0.39 is 22.9 Å². The van der Waals surface area contributed by atoms with Gasteiger partial charge in [-0.25, -0.2) is 9.78 Å². The number of non-ortho nitro benzene ring substituents is 1. The van der Waals surface area contributed by atoms with Gasteiger partial charge in [0, 0.05) is 65.8 Å². The van der Waals surface area contributed by atoms with E-state index in [1.165, 1.54) is 29.0 Å². The monoisotopic (exact) mass is 607 g/mol. The molecule has 0 aliphatic carbocycles. The molecular weight excluding hydrogens is 578 g/mol. The summed E-state index contributed by atoms with van der Waals surface area (Å²) in [5, 5.41) is 16.6. The summed E-state index contributed by atoms with van der Waals surface area (Å²) in [4.78, 5) is 49.4. The largest absolute Gasteiger partial charge is 0.449 e. The van der Waals surface area contributed by atoms with Gasteiger partial charge in [0.15, 0.2) is 11.2 Å². The number of hydrogen-bond acceptors (Lipinski definition) is 9. The Bertz CT molecular complexity index is 1860. The number of nitro benzene ring substituents is 1. The number of hydrogen-bond donors (Lipinski definition) is 1. The Labute approximate surface area is 257 Å². The minimum Gasteiger partial charge on any atom is -0.449 e. The molecule has 6 rings (SSSR count). The van der Waals surface area contributed by atoms with Crippen LogP contribution in [-0.2, 0) is 29.0 Å². The highest BCUT2D eigenvalue weighted by molar-refractivity contribution is 7.14. The first-order valence-electron chi connectivity index (χ1n) is 14.3. The number of nitrogens with zero attached hydrogens (tertiary/aromatic N) is 4. The van der Waals surface area contributed by atoms with Gasteiger partial charge in [0.25, 0.3) is 11.6 Å². The lowest BCUT2D eigenvalue weighted by Crippen LogP contribution is -2.34. The zero-order valence-electron chi connectivity index (χ0n) is 23.9. The predicted octanol–water partition coefficient (Wildman–Crippen LogP) is 6.40. The molecule has 10 nitrogen and oxygen atoms in total. The lowest BCUT2D eigenvalue weighted by molar-refractivity contribution is -0.384. The Morgan fingerprint density at radius 3 is 2.66 bits per heavy atom. The van der Waals surface area contributed by atoms with Gasteiger partial charge in [-0.3, -0.25) is 30.1 Å². The smallest absolute Gasteiger partial charge is 0.340 e. The third-order valence-corrected chi connectivity index (χ3v) is 8.34.